The van der Waals surface area contributed by atoms with Gasteiger partial charge in [-0.25, -0.2) is 0 Å². The van der Waals surface area contributed by atoms with Crippen LogP contribution in [0.25, 0.3) is 0 Å². The molecule has 1 unspecified atom stereocenters. The maximum atomic E-state index is 12.0. The van der Waals surface area contributed by atoms with Crippen LogP contribution in [0.4, 0.5) is 0 Å². The SMILES string of the molecule is COc1ccccc1CCNC(=O)C(Cl)c1ccccc1. The molecule has 0 aliphatic heterocycles. The van der Waals surface area contributed by atoms with Crippen LogP contribution < -0.4 is 10.1 Å². The average Bonchev–Trinajstić information content (AvgIpc) is 2.55. The van der Waals surface area contributed by atoms with E-state index in [2.05, 4.69) is 5.32 Å². The Labute approximate surface area is 129 Å². The summed E-state index contributed by atoms with van der Waals surface area (Å²) in [5.41, 5.74) is 1.86. The van der Waals surface area contributed by atoms with Crippen molar-refractivity contribution in [2.24, 2.45) is 0 Å². The number of amides is 1. The quantitative estimate of drug-likeness (QED) is 0.831. The van der Waals surface area contributed by atoms with E-state index in [1.54, 1.807) is 7.11 Å². The number of carbonyl (C=O) groups is 1. The van der Waals surface area contributed by atoms with Crippen molar-refractivity contribution in [1.82, 2.24) is 5.32 Å². The van der Waals surface area contributed by atoms with Crippen LogP contribution in [-0.2, 0) is 11.2 Å². The van der Waals surface area contributed by atoms with E-state index in [1.807, 2.05) is 54.6 Å². The summed E-state index contributed by atoms with van der Waals surface area (Å²) < 4.78 is 5.28. The van der Waals surface area contributed by atoms with E-state index in [1.165, 1.54) is 0 Å². The smallest absolute Gasteiger partial charge is 0.242 e. The number of methoxy groups -OCH3 is 1. The van der Waals surface area contributed by atoms with Gasteiger partial charge in [0.2, 0.25) is 5.91 Å². The van der Waals surface area contributed by atoms with Crippen LogP contribution in [0.15, 0.2) is 54.6 Å². The molecule has 4 heteroatoms. The molecule has 1 atom stereocenters. The van der Waals surface area contributed by atoms with Gasteiger partial charge in [-0.3, -0.25) is 4.79 Å². The maximum Gasteiger partial charge on any atom is 0.242 e. The Morgan fingerprint density at radius 2 is 1.81 bits per heavy atom. The van der Waals surface area contributed by atoms with Crippen LogP contribution in [-0.4, -0.2) is 19.6 Å². The first-order chi connectivity index (χ1) is 10.2. The van der Waals surface area contributed by atoms with Gasteiger partial charge in [-0.15, -0.1) is 11.6 Å². The van der Waals surface area contributed by atoms with Gasteiger partial charge in [-0.2, -0.15) is 0 Å². The topological polar surface area (TPSA) is 38.3 Å². The molecule has 21 heavy (non-hydrogen) atoms. The van der Waals surface area contributed by atoms with Gasteiger partial charge in [0.25, 0.3) is 0 Å². The zero-order valence-electron chi connectivity index (χ0n) is 11.9. The second kappa shape index (κ2) is 7.70. The summed E-state index contributed by atoms with van der Waals surface area (Å²) in [6.07, 6.45) is 0.703. The fraction of sp³-hybridized carbons (Fsp3) is 0.235. The van der Waals surface area contributed by atoms with E-state index in [9.17, 15) is 4.79 Å². The minimum Gasteiger partial charge on any atom is -0.496 e. The van der Waals surface area contributed by atoms with Crippen molar-refractivity contribution in [2.45, 2.75) is 11.8 Å². The number of rotatable bonds is 6. The molecule has 0 bridgehead atoms. The first-order valence-electron chi connectivity index (χ1n) is 6.81. The van der Waals surface area contributed by atoms with Crippen LogP contribution in [0.5, 0.6) is 5.75 Å². The minimum absolute atomic E-state index is 0.183. The highest BCUT2D eigenvalue weighted by atomic mass is 35.5. The zero-order chi connectivity index (χ0) is 15.1. The van der Waals surface area contributed by atoms with E-state index in [-0.39, 0.29) is 5.91 Å². The summed E-state index contributed by atoms with van der Waals surface area (Å²) in [6, 6.07) is 17.1. The number of benzene rings is 2. The molecule has 0 saturated carbocycles. The molecule has 0 spiro atoms. The number of para-hydroxylation sites is 1. The fourth-order valence-corrected chi connectivity index (χ4v) is 2.32. The number of hydrogen-bond acceptors (Lipinski definition) is 2. The molecule has 2 aromatic carbocycles. The van der Waals surface area contributed by atoms with Crippen molar-refractivity contribution < 1.29 is 9.53 Å². The predicted octanol–water partition coefficient (Wildman–Crippen LogP) is 3.33. The van der Waals surface area contributed by atoms with Crippen LogP contribution in [0.2, 0.25) is 0 Å². The summed E-state index contributed by atoms with van der Waals surface area (Å²) in [4.78, 5) is 12.0. The molecule has 0 aliphatic rings. The average molecular weight is 304 g/mol. The van der Waals surface area contributed by atoms with E-state index < -0.39 is 5.38 Å². The van der Waals surface area contributed by atoms with Crippen LogP contribution in [0.1, 0.15) is 16.5 Å². The van der Waals surface area contributed by atoms with Crippen molar-refractivity contribution in [3.63, 3.8) is 0 Å². The lowest BCUT2D eigenvalue weighted by Crippen LogP contribution is -2.29. The Bertz CT molecular complexity index is 586. The fourth-order valence-electron chi connectivity index (χ4n) is 2.09. The first kappa shape index (κ1) is 15.4. The van der Waals surface area contributed by atoms with Gasteiger partial charge in [0, 0.05) is 6.54 Å². The molecule has 3 nitrogen and oxygen atoms in total. The molecule has 0 heterocycles. The lowest BCUT2D eigenvalue weighted by Gasteiger charge is -2.12. The molecule has 1 amide bonds. The molecular weight excluding hydrogens is 286 g/mol. The summed E-state index contributed by atoms with van der Waals surface area (Å²) >= 11 is 6.16. The van der Waals surface area contributed by atoms with Gasteiger partial charge in [0.05, 0.1) is 7.11 Å². The Morgan fingerprint density at radius 3 is 2.52 bits per heavy atom. The number of halogens is 1. The second-order valence-electron chi connectivity index (χ2n) is 4.63. The van der Waals surface area contributed by atoms with Crippen molar-refractivity contribution in [2.75, 3.05) is 13.7 Å². The summed E-state index contributed by atoms with van der Waals surface area (Å²) in [7, 11) is 1.64. The Hall–Kier alpha value is -2.00. The van der Waals surface area contributed by atoms with Crippen LogP contribution in [0.3, 0.4) is 0 Å². The number of nitrogens with one attached hydrogen (secondary N) is 1. The lowest BCUT2D eigenvalue weighted by molar-refractivity contribution is -0.120. The minimum atomic E-state index is -0.663. The molecule has 0 radical (unpaired) electrons. The summed E-state index contributed by atoms with van der Waals surface area (Å²) in [6.45, 7) is 0.523. The van der Waals surface area contributed by atoms with Gasteiger partial charge in [-0.05, 0) is 23.6 Å². The molecule has 0 fully saturated rings. The van der Waals surface area contributed by atoms with Crippen LogP contribution >= 0.6 is 11.6 Å². The third-order valence-electron chi connectivity index (χ3n) is 3.21. The van der Waals surface area contributed by atoms with Gasteiger partial charge in [-0.1, -0.05) is 48.5 Å². The maximum absolute atomic E-state index is 12.0. The van der Waals surface area contributed by atoms with Gasteiger partial charge >= 0.3 is 0 Å². The molecule has 0 aliphatic carbocycles. The highest BCUT2D eigenvalue weighted by Gasteiger charge is 2.16. The molecule has 0 saturated heterocycles. The summed E-state index contributed by atoms with van der Waals surface area (Å²) in [5.74, 6) is 0.648. The van der Waals surface area contributed by atoms with Crippen molar-refractivity contribution in [3.05, 3.63) is 65.7 Å². The molecule has 2 aromatic rings. The number of hydrogen-bond donors (Lipinski definition) is 1. The van der Waals surface area contributed by atoms with E-state index in [0.29, 0.717) is 13.0 Å². The second-order valence-corrected chi connectivity index (χ2v) is 5.06. The standard InChI is InChI=1S/C17H18ClNO2/c1-21-15-10-6-5-7-13(15)11-12-19-17(20)16(18)14-8-3-2-4-9-14/h2-10,16H,11-12H2,1H3,(H,19,20). The monoisotopic (exact) mass is 303 g/mol. The predicted molar refractivity (Wildman–Crippen MR) is 84.7 cm³/mol. The summed E-state index contributed by atoms with van der Waals surface area (Å²) in [5, 5.41) is 2.19. The highest BCUT2D eigenvalue weighted by Crippen LogP contribution is 2.20. The normalized spacial score (nSPS) is 11.7. The largest absolute Gasteiger partial charge is 0.496 e. The third-order valence-corrected chi connectivity index (χ3v) is 3.66. The Balaban J connectivity index is 1.87. The van der Waals surface area contributed by atoms with E-state index in [4.69, 9.17) is 16.3 Å². The molecule has 0 aromatic heterocycles. The number of alkyl halides is 1. The van der Waals surface area contributed by atoms with Gasteiger partial charge in [0.1, 0.15) is 11.1 Å². The third kappa shape index (κ3) is 4.23. The van der Waals surface area contributed by atoms with Gasteiger partial charge < -0.3 is 10.1 Å². The molecule has 2 rings (SSSR count). The highest BCUT2D eigenvalue weighted by molar-refractivity contribution is 6.30. The first-order valence-corrected chi connectivity index (χ1v) is 7.24. The van der Waals surface area contributed by atoms with Crippen molar-refractivity contribution in [1.29, 1.82) is 0 Å². The van der Waals surface area contributed by atoms with Gasteiger partial charge in [0.15, 0.2) is 0 Å². The van der Waals surface area contributed by atoms with Crippen molar-refractivity contribution in [3.8, 4) is 5.75 Å². The Kier molecular flexibility index (Phi) is 5.64. The van der Waals surface area contributed by atoms with Crippen molar-refractivity contribution >= 4 is 17.5 Å². The van der Waals surface area contributed by atoms with E-state index in [0.717, 1.165) is 16.9 Å². The number of ether oxygens (including phenoxy) is 1. The Morgan fingerprint density at radius 1 is 1.14 bits per heavy atom. The lowest BCUT2D eigenvalue weighted by atomic mass is 10.1. The molecule has 1 N–H and O–H groups in total. The molecule has 110 valence electrons. The van der Waals surface area contributed by atoms with E-state index >= 15 is 0 Å². The zero-order valence-corrected chi connectivity index (χ0v) is 12.6. The number of carbonyl (C=O) groups excluding carboxylic acids is 1. The molecular formula is C17H18ClNO2. The van der Waals surface area contributed by atoms with Crippen LogP contribution in [0, 0.1) is 0 Å².